The van der Waals surface area contributed by atoms with Gasteiger partial charge in [-0.2, -0.15) is 4.99 Å². The Labute approximate surface area is 89.8 Å². The maximum absolute atomic E-state index is 6.96. The van der Waals surface area contributed by atoms with Gasteiger partial charge in [0, 0.05) is 7.05 Å². The van der Waals surface area contributed by atoms with E-state index in [0.29, 0.717) is 5.71 Å². The quantitative estimate of drug-likeness (QED) is 0.361. The van der Waals surface area contributed by atoms with Crippen LogP contribution in [0.15, 0.2) is 34.3 Å². The van der Waals surface area contributed by atoms with Crippen molar-refractivity contribution in [1.82, 2.24) is 0 Å². The van der Waals surface area contributed by atoms with Gasteiger partial charge in [-0.15, -0.1) is 0 Å². The number of rotatable bonds is 4. The monoisotopic (exact) mass is 207 g/mol. The molecule has 0 saturated carbocycles. The predicted octanol–water partition coefficient (Wildman–Crippen LogP) is 0.830. The van der Waals surface area contributed by atoms with Gasteiger partial charge in [-0.3, -0.25) is 10.4 Å². The molecule has 0 atom stereocenters. The first-order valence-corrected chi connectivity index (χ1v) is 4.52. The molecule has 0 aliphatic heterocycles. The van der Waals surface area contributed by atoms with Gasteiger partial charge in [-0.1, -0.05) is 25.2 Å². The molecule has 5 nitrogen and oxygen atoms in total. The lowest BCUT2D eigenvalue weighted by Crippen LogP contribution is -2.25. The normalized spacial score (nSPS) is 13.2. The molecule has 0 amide bonds. The molecular weight excluding hydrogens is 190 g/mol. The summed E-state index contributed by atoms with van der Waals surface area (Å²) in [6.45, 7) is 5.81. The summed E-state index contributed by atoms with van der Waals surface area (Å²) in [5.41, 5.74) is 12.1. The number of hydrogen-bond acceptors (Lipinski definition) is 2. The predicted molar refractivity (Wildman–Crippen MR) is 65.5 cm³/mol. The standard InChI is InChI=1S/C10H17N5/c1-4-7(2)5-6-8(14-3)9(11)15-10(12)13/h5-6H,2,4H2,1,3H3,(H5,11,12,13,15)/b6-5-,14-8?. The highest BCUT2D eigenvalue weighted by Crippen LogP contribution is 1.98. The molecule has 0 aliphatic rings. The minimum atomic E-state index is -0.337. The molecule has 15 heavy (non-hydrogen) atoms. The molecule has 0 spiro atoms. The first-order valence-electron chi connectivity index (χ1n) is 4.52. The first kappa shape index (κ1) is 13.1. The number of aliphatic imine (C=N–C) groups is 2. The lowest BCUT2D eigenvalue weighted by molar-refractivity contribution is 1.16. The molecule has 0 bridgehead atoms. The highest BCUT2D eigenvalue weighted by molar-refractivity contribution is 6.46. The van der Waals surface area contributed by atoms with Gasteiger partial charge < -0.3 is 11.5 Å². The second-order valence-corrected chi connectivity index (χ2v) is 2.84. The Balaban J connectivity index is 4.74. The van der Waals surface area contributed by atoms with Crippen molar-refractivity contribution < 1.29 is 0 Å². The van der Waals surface area contributed by atoms with E-state index in [2.05, 4.69) is 16.6 Å². The zero-order chi connectivity index (χ0) is 11.8. The number of nitrogens with zero attached hydrogens (tertiary/aromatic N) is 2. The van der Waals surface area contributed by atoms with Crippen LogP contribution in [0, 0.1) is 5.41 Å². The summed E-state index contributed by atoms with van der Waals surface area (Å²) in [5, 5.41) is 6.96. The highest BCUT2D eigenvalue weighted by atomic mass is 15.0. The Bertz CT molecular complexity index is 336. The van der Waals surface area contributed by atoms with Crippen molar-refractivity contribution in [3.05, 3.63) is 24.3 Å². The molecule has 0 fully saturated rings. The van der Waals surface area contributed by atoms with Crippen LogP contribution in [0.25, 0.3) is 0 Å². The number of nitrogens with one attached hydrogen (secondary N) is 1. The molecule has 0 aromatic carbocycles. The second kappa shape index (κ2) is 6.53. The zero-order valence-electron chi connectivity index (χ0n) is 9.12. The van der Waals surface area contributed by atoms with Gasteiger partial charge >= 0.3 is 0 Å². The van der Waals surface area contributed by atoms with Crippen LogP contribution >= 0.6 is 0 Å². The van der Waals surface area contributed by atoms with Crippen LogP contribution < -0.4 is 11.5 Å². The van der Waals surface area contributed by atoms with Crippen molar-refractivity contribution in [1.29, 1.82) is 5.41 Å². The van der Waals surface area contributed by atoms with Crippen LogP contribution in [-0.4, -0.2) is 24.6 Å². The molecule has 0 aromatic heterocycles. The summed E-state index contributed by atoms with van der Waals surface area (Å²) in [7, 11) is 1.59. The molecule has 0 heterocycles. The number of hydrogen-bond donors (Lipinski definition) is 3. The van der Waals surface area contributed by atoms with E-state index >= 15 is 0 Å². The number of allylic oxidation sites excluding steroid dienone is 2. The van der Waals surface area contributed by atoms with Crippen molar-refractivity contribution in [3.63, 3.8) is 0 Å². The minimum Gasteiger partial charge on any atom is -0.382 e. The summed E-state index contributed by atoms with van der Waals surface area (Å²) in [6, 6.07) is 0. The highest BCUT2D eigenvalue weighted by Gasteiger charge is 1.99. The van der Waals surface area contributed by atoms with Crippen molar-refractivity contribution in [2.45, 2.75) is 13.3 Å². The first-order chi connectivity index (χ1) is 7.01. The topological polar surface area (TPSA) is 101 Å². The Hall–Kier alpha value is -1.91. The van der Waals surface area contributed by atoms with Gasteiger partial charge in [0.05, 0.1) is 5.71 Å². The van der Waals surface area contributed by atoms with E-state index in [1.807, 2.05) is 13.0 Å². The lowest BCUT2D eigenvalue weighted by atomic mass is 10.2. The second-order valence-electron chi connectivity index (χ2n) is 2.84. The van der Waals surface area contributed by atoms with E-state index < -0.39 is 0 Å². The van der Waals surface area contributed by atoms with Gasteiger partial charge in [0.25, 0.3) is 0 Å². The molecule has 0 saturated heterocycles. The molecule has 0 aromatic rings. The fraction of sp³-hybridized carbons (Fsp3) is 0.300. The Morgan fingerprint density at radius 1 is 1.40 bits per heavy atom. The molecule has 5 N–H and O–H groups in total. The summed E-state index contributed by atoms with van der Waals surface area (Å²) >= 11 is 0. The van der Waals surface area contributed by atoms with E-state index in [4.69, 9.17) is 16.9 Å². The lowest BCUT2D eigenvalue weighted by Gasteiger charge is -1.99. The number of guanidine groups is 1. The van der Waals surface area contributed by atoms with Crippen LogP contribution in [0.5, 0.6) is 0 Å². The smallest absolute Gasteiger partial charge is 0.214 e. The van der Waals surface area contributed by atoms with Crippen LogP contribution in [0.3, 0.4) is 0 Å². The maximum atomic E-state index is 6.96. The van der Waals surface area contributed by atoms with Crippen LogP contribution in [0.1, 0.15) is 13.3 Å². The summed E-state index contributed by atoms with van der Waals surface area (Å²) < 4.78 is 0. The van der Waals surface area contributed by atoms with Crippen LogP contribution in [0.2, 0.25) is 0 Å². The van der Waals surface area contributed by atoms with Gasteiger partial charge in [0.1, 0.15) is 0 Å². The largest absolute Gasteiger partial charge is 0.382 e. The van der Waals surface area contributed by atoms with Crippen molar-refractivity contribution in [2.75, 3.05) is 7.05 Å². The third-order valence-corrected chi connectivity index (χ3v) is 1.68. The van der Waals surface area contributed by atoms with E-state index in [-0.39, 0.29) is 11.8 Å². The Kier molecular flexibility index (Phi) is 5.70. The van der Waals surface area contributed by atoms with Gasteiger partial charge in [-0.25, -0.2) is 0 Å². The van der Waals surface area contributed by atoms with E-state index in [1.165, 1.54) is 0 Å². The molecule has 0 aliphatic carbocycles. The van der Waals surface area contributed by atoms with Crippen LogP contribution in [-0.2, 0) is 0 Å². The van der Waals surface area contributed by atoms with Gasteiger partial charge in [-0.05, 0) is 12.5 Å². The Morgan fingerprint density at radius 3 is 2.40 bits per heavy atom. The summed E-state index contributed by atoms with van der Waals surface area (Å²) in [5.74, 6) is -0.207. The van der Waals surface area contributed by atoms with E-state index in [1.54, 1.807) is 13.1 Å². The molecule has 0 unspecified atom stereocenters. The number of nitrogens with two attached hydrogens (primary N) is 2. The van der Waals surface area contributed by atoms with E-state index in [0.717, 1.165) is 12.0 Å². The molecular formula is C10H17N5. The van der Waals surface area contributed by atoms with Crippen molar-refractivity contribution >= 4 is 17.5 Å². The third kappa shape index (κ3) is 5.41. The summed E-state index contributed by atoms with van der Waals surface area (Å²) in [6.07, 6.45) is 4.37. The van der Waals surface area contributed by atoms with Crippen molar-refractivity contribution in [3.8, 4) is 0 Å². The van der Waals surface area contributed by atoms with Gasteiger partial charge in [0.2, 0.25) is 5.96 Å². The zero-order valence-corrected chi connectivity index (χ0v) is 9.12. The Morgan fingerprint density at radius 2 is 2.00 bits per heavy atom. The molecule has 5 heteroatoms. The summed E-state index contributed by atoms with van der Waals surface area (Å²) in [4.78, 5) is 7.52. The SMILES string of the molecule is C=C(/C=C\C(=NC)C(N)=NC(=N)N)CC. The van der Waals surface area contributed by atoms with Crippen molar-refractivity contribution in [2.24, 2.45) is 21.5 Å². The molecule has 0 radical (unpaired) electrons. The molecule has 0 rings (SSSR count). The van der Waals surface area contributed by atoms with Crippen LogP contribution in [0.4, 0.5) is 0 Å². The van der Waals surface area contributed by atoms with E-state index in [9.17, 15) is 0 Å². The minimum absolute atomic E-state index is 0.130. The maximum Gasteiger partial charge on any atom is 0.214 e. The fourth-order valence-corrected chi connectivity index (χ4v) is 0.776. The number of amidine groups is 1. The fourth-order valence-electron chi connectivity index (χ4n) is 0.776. The van der Waals surface area contributed by atoms with Gasteiger partial charge in [0.15, 0.2) is 5.84 Å². The molecule has 82 valence electrons. The third-order valence-electron chi connectivity index (χ3n) is 1.68. The average molecular weight is 207 g/mol. The average Bonchev–Trinajstić information content (AvgIpc) is 2.17.